The second-order valence-electron chi connectivity index (χ2n) is 7.68. The van der Waals surface area contributed by atoms with Crippen LogP contribution in [0.15, 0.2) is 66.7 Å². The maximum atomic E-state index is 15.3. The molecule has 0 aliphatic rings. The van der Waals surface area contributed by atoms with Gasteiger partial charge in [0.1, 0.15) is 5.82 Å². The van der Waals surface area contributed by atoms with Gasteiger partial charge in [0.25, 0.3) is 0 Å². The lowest BCUT2D eigenvalue weighted by molar-refractivity contribution is -0.137. The molecule has 0 unspecified atom stereocenters. The van der Waals surface area contributed by atoms with Gasteiger partial charge in [-0.05, 0) is 52.3 Å². The van der Waals surface area contributed by atoms with Crippen LogP contribution in [0.3, 0.4) is 0 Å². The van der Waals surface area contributed by atoms with Gasteiger partial charge in [-0.2, -0.15) is 13.2 Å². The number of rotatable bonds is 5. The van der Waals surface area contributed by atoms with Crippen molar-refractivity contribution in [2.75, 3.05) is 0 Å². The van der Waals surface area contributed by atoms with Crippen LogP contribution in [0.25, 0.3) is 32.7 Å². The van der Waals surface area contributed by atoms with Gasteiger partial charge in [0, 0.05) is 10.9 Å². The largest absolute Gasteiger partial charge is 0.416 e. The summed E-state index contributed by atoms with van der Waals surface area (Å²) in [5, 5.41) is 3.32. The van der Waals surface area contributed by atoms with Crippen LogP contribution >= 0.6 is 0 Å². The Morgan fingerprint density at radius 2 is 1.43 bits per heavy atom. The Balaban J connectivity index is 1.73. The molecule has 4 heteroatoms. The number of hydrogen-bond acceptors (Lipinski definition) is 0. The summed E-state index contributed by atoms with van der Waals surface area (Å²) in [6.07, 6.45) is 0.158. The molecule has 0 saturated heterocycles. The molecular formula is C26H22F4. The molecule has 0 N–H and O–H groups in total. The molecule has 4 aromatic rings. The van der Waals surface area contributed by atoms with Crippen LogP contribution in [0.4, 0.5) is 17.6 Å². The first-order chi connectivity index (χ1) is 14.4. The van der Waals surface area contributed by atoms with Gasteiger partial charge >= 0.3 is 6.18 Å². The summed E-state index contributed by atoms with van der Waals surface area (Å²) in [4.78, 5) is 0. The Labute approximate surface area is 173 Å². The lowest BCUT2D eigenvalue weighted by atomic mass is 9.95. The van der Waals surface area contributed by atoms with Crippen LogP contribution in [0.5, 0.6) is 0 Å². The predicted octanol–water partition coefficient (Wildman–Crippen LogP) is 8.55. The fourth-order valence-corrected chi connectivity index (χ4v) is 3.96. The van der Waals surface area contributed by atoms with Crippen LogP contribution in [0.2, 0.25) is 0 Å². The summed E-state index contributed by atoms with van der Waals surface area (Å²) in [7, 11) is 0. The first kappa shape index (κ1) is 20.4. The minimum absolute atomic E-state index is 0.298. The van der Waals surface area contributed by atoms with Crippen molar-refractivity contribution in [2.24, 2.45) is 0 Å². The second-order valence-corrected chi connectivity index (χ2v) is 7.68. The molecule has 4 rings (SSSR count). The van der Waals surface area contributed by atoms with Crippen LogP contribution in [0.1, 0.15) is 37.3 Å². The van der Waals surface area contributed by atoms with E-state index >= 15 is 4.39 Å². The zero-order valence-electron chi connectivity index (χ0n) is 16.7. The third kappa shape index (κ3) is 3.91. The zero-order valence-corrected chi connectivity index (χ0v) is 16.7. The number of fused-ring (bicyclic) bond motifs is 3. The summed E-state index contributed by atoms with van der Waals surface area (Å²) in [6, 6.07) is 18.1. The number of alkyl halides is 3. The first-order valence-electron chi connectivity index (χ1n) is 10.2. The monoisotopic (exact) mass is 410 g/mol. The van der Waals surface area contributed by atoms with Gasteiger partial charge in [-0.3, -0.25) is 0 Å². The summed E-state index contributed by atoms with van der Waals surface area (Å²) in [5.74, 6) is -0.416. The molecule has 4 aromatic carbocycles. The van der Waals surface area contributed by atoms with E-state index in [2.05, 4.69) is 19.1 Å². The molecule has 154 valence electrons. The lowest BCUT2D eigenvalue weighted by Gasteiger charge is -2.12. The third-order valence-electron chi connectivity index (χ3n) is 5.61. The summed E-state index contributed by atoms with van der Waals surface area (Å²) in [6.45, 7) is 2.18. The van der Waals surface area contributed by atoms with Crippen molar-refractivity contribution in [1.29, 1.82) is 0 Å². The van der Waals surface area contributed by atoms with E-state index in [-0.39, 0.29) is 0 Å². The zero-order chi connectivity index (χ0) is 21.3. The SMILES string of the molecule is CCCCCc1ccc2c(ccc3c(F)c(-c4ccc(C(F)(F)F)cc4)ccc32)c1. The van der Waals surface area contributed by atoms with Crippen LogP contribution < -0.4 is 0 Å². The molecule has 0 spiro atoms. The van der Waals surface area contributed by atoms with E-state index in [0.717, 1.165) is 41.1 Å². The minimum Gasteiger partial charge on any atom is -0.206 e. The summed E-state index contributed by atoms with van der Waals surface area (Å²) in [5.41, 5.74) is 1.26. The van der Waals surface area contributed by atoms with E-state index < -0.39 is 17.6 Å². The average molecular weight is 410 g/mol. The first-order valence-corrected chi connectivity index (χ1v) is 10.2. The highest BCUT2D eigenvalue weighted by molar-refractivity contribution is 6.08. The molecule has 0 nitrogen and oxygen atoms in total. The highest BCUT2D eigenvalue weighted by atomic mass is 19.4. The second kappa shape index (κ2) is 8.10. The maximum Gasteiger partial charge on any atom is 0.416 e. The number of aryl methyl sites for hydroxylation is 1. The lowest BCUT2D eigenvalue weighted by Crippen LogP contribution is -2.04. The number of unbranched alkanes of at least 4 members (excludes halogenated alkanes) is 2. The fourth-order valence-electron chi connectivity index (χ4n) is 3.96. The van der Waals surface area contributed by atoms with Crippen molar-refractivity contribution in [1.82, 2.24) is 0 Å². The highest BCUT2D eigenvalue weighted by Gasteiger charge is 2.30. The normalized spacial score (nSPS) is 12.0. The molecule has 0 amide bonds. The van der Waals surface area contributed by atoms with E-state index in [4.69, 9.17) is 0 Å². The summed E-state index contributed by atoms with van der Waals surface area (Å²) < 4.78 is 53.7. The van der Waals surface area contributed by atoms with Crippen LogP contribution in [-0.4, -0.2) is 0 Å². The van der Waals surface area contributed by atoms with E-state index in [1.54, 1.807) is 12.1 Å². The molecule has 0 aliphatic carbocycles. The van der Waals surface area contributed by atoms with Crippen molar-refractivity contribution in [3.8, 4) is 11.1 Å². The number of benzene rings is 4. The maximum absolute atomic E-state index is 15.3. The van der Waals surface area contributed by atoms with Crippen LogP contribution in [-0.2, 0) is 12.6 Å². The van der Waals surface area contributed by atoms with Gasteiger partial charge in [0.15, 0.2) is 0 Å². The standard InChI is InChI=1S/C26H22F4/c1-2-3-4-5-17-6-12-21-19(16-17)9-13-24-23(21)15-14-22(25(24)27)18-7-10-20(11-8-18)26(28,29)30/h6-16H,2-5H2,1H3. The summed E-state index contributed by atoms with van der Waals surface area (Å²) >= 11 is 0. The Morgan fingerprint density at radius 3 is 2.13 bits per heavy atom. The molecule has 0 bridgehead atoms. The Bertz CT molecular complexity index is 1190. The van der Waals surface area contributed by atoms with Crippen molar-refractivity contribution in [2.45, 2.75) is 38.8 Å². The topological polar surface area (TPSA) is 0 Å². The van der Waals surface area contributed by atoms with Crippen LogP contribution in [0, 0.1) is 5.82 Å². The predicted molar refractivity (Wildman–Crippen MR) is 115 cm³/mol. The molecule has 0 saturated carbocycles. The Kier molecular flexibility index (Phi) is 5.50. The minimum atomic E-state index is -4.41. The molecule has 0 radical (unpaired) electrons. The van der Waals surface area contributed by atoms with Gasteiger partial charge in [-0.1, -0.05) is 74.4 Å². The Hall–Kier alpha value is -2.88. The fraction of sp³-hybridized carbons (Fsp3) is 0.231. The smallest absolute Gasteiger partial charge is 0.206 e. The average Bonchev–Trinajstić information content (AvgIpc) is 2.73. The molecule has 0 fully saturated rings. The van der Waals surface area contributed by atoms with Gasteiger partial charge in [0.2, 0.25) is 0 Å². The van der Waals surface area contributed by atoms with Crippen molar-refractivity contribution in [3.05, 3.63) is 83.7 Å². The van der Waals surface area contributed by atoms with Gasteiger partial charge in [-0.25, -0.2) is 4.39 Å². The molecule has 0 aromatic heterocycles. The molecule has 0 atom stereocenters. The van der Waals surface area contributed by atoms with Crippen molar-refractivity contribution in [3.63, 3.8) is 0 Å². The molecule has 0 aliphatic heterocycles. The highest BCUT2D eigenvalue weighted by Crippen LogP contribution is 2.35. The quantitative estimate of drug-likeness (QED) is 0.176. The van der Waals surface area contributed by atoms with E-state index in [1.165, 1.54) is 30.5 Å². The van der Waals surface area contributed by atoms with Gasteiger partial charge in [-0.15, -0.1) is 0 Å². The van der Waals surface area contributed by atoms with Gasteiger partial charge in [0.05, 0.1) is 5.56 Å². The van der Waals surface area contributed by atoms with E-state index in [1.807, 2.05) is 18.2 Å². The number of hydrogen-bond donors (Lipinski definition) is 0. The molecule has 30 heavy (non-hydrogen) atoms. The van der Waals surface area contributed by atoms with Crippen molar-refractivity contribution < 1.29 is 17.6 Å². The third-order valence-corrected chi connectivity index (χ3v) is 5.61. The molecular weight excluding hydrogens is 388 g/mol. The van der Waals surface area contributed by atoms with E-state index in [0.29, 0.717) is 16.5 Å². The van der Waals surface area contributed by atoms with Crippen molar-refractivity contribution >= 4 is 21.5 Å². The number of halogens is 4. The Morgan fingerprint density at radius 1 is 0.733 bits per heavy atom. The van der Waals surface area contributed by atoms with Gasteiger partial charge < -0.3 is 0 Å². The molecule has 0 heterocycles. The van der Waals surface area contributed by atoms with E-state index in [9.17, 15) is 13.2 Å².